The third-order valence-corrected chi connectivity index (χ3v) is 4.47. The number of rotatable bonds is 7. The van der Waals surface area contributed by atoms with Gasteiger partial charge < -0.3 is 9.15 Å². The van der Waals surface area contributed by atoms with Crippen LogP contribution in [0.1, 0.15) is 27.2 Å². The molecule has 9 heteroatoms. The van der Waals surface area contributed by atoms with Crippen molar-refractivity contribution in [3.05, 3.63) is 87.2 Å². The summed E-state index contributed by atoms with van der Waals surface area (Å²) in [5, 5.41) is 14.9. The summed E-state index contributed by atoms with van der Waals surface area (Å²) in [7, 11) is 1.31. The highest BCUT2D eigenvalue weighted by Gasteiger charge is 2.15. The number of benzene rings is 2. The molecule has 0 unspecified atom stereocenters. The summed E-state index contributed by atoms with van der Waals surface area (Å²) < 4.78 is 10.5. The zero-order chi connectivity index (χ0) is 22.4. The Morgan fingerprint density at radius 1 is 1.19 bits per heavy atom. The van der Waals surface area contributed by atoms with E-state index in [-0.39, 0.29) is 12.1 Å². The van der Waals surface area contributed by atoms with Gasteiger partial charge >= 0.3 is 5.97 Å². The molecule has 0 saturated carbocycles. The van der Waals surface area contributed by atoms with E-state index in [1.807, 2.05) is 6.92 Å². The molecule has 9 nitrogen and oxygen atoms in total. The molecule has 158 valence electrons. The summed E-state index contributed by atoms with van der Waals surface area (Å²) in [6.07, 6.45) is 1.14. The zero-order valence-electron chi connectivity index (χ0n) is 16.8. The van der Waals surface area contributed by atoms with Crippen LogP contribution in [0.15, 0.2) is 64.1 Å². The number of ether oxygens (including phenoxy) is 1. The van der Waals surface area contributed by atoms with Crippen molar-refractivity contribution >= 4 is 23.8 Å². The second-order valence-corrected chi connectivity index (χ2v) is 6.58. The first-order valence-corrected chi connectivity index (χ1v) is 9.22. The number of nitrogens with one attached hydrogen (secondary N) is 1. The highest BCUT2D eigenvalue weighted by molar-refractivity contribution is 5.91. The first-order chi connectivity index (χ1) is 14.9. The number of carbonyl (C=O) groups is 2. The lowest BCUT2D eigenvalue weighted by atomic mass is 10.0. The fourth-order valence-corrected chi connectivity index (χ4v) is 2.92. The van der Waals surface area contributed by atoms with Gasteiger partial charge in [0.2, 0.25) is 5.91 Å². The average molecular weight is 421 g/mol. The summed E-state index contributed by atoms with van der Waals surface area (Å²) in [5.41, 5.74) is 4.53. The van der Waals surface area contributed by atoms with Crippen LogP contribution in [0.3, 0.4) is 0 Å². The van der Waals surface area contributed by atoms with E-state index in [1.54, 1.807) is 36.4 Å². The predicted molar refractivity (Wildman–Crippen MR) is 113 cm³/mol. The number of para-hydroxylation sites is 1. The minimum atomic E-state index is -0.534. The third kappa shape index (κ3) is 5.21. The number of nitrogens with zero attached hydrogens (tertiary/aromatic N) is 2. The number of hydrazone groups is 1. The van der Waals surface area contributed by atoms with Crippen LogP contribution in [0.25, 0.3) is 11.3 Å². The van der Waals surface area contributed by atoms with E-state index >= 15 is 0 Å². The summed E-state index contributed by atoms with van der Waals surface area (Å²) in [5.74, 6) is -0.0466. The van der Waals surface area contributed by atoms with Gasteiger partial charge in [-0.05, 0) is 36.8 Å². The molecule has 3 aromatic rings. The van der Waals surface area contributed by atoms with Gasteiger partial charge in [-0.15, -0.1) is 0 Å². The first kappa shape index (κ1) is 21.4. The van der Waals surface area contributed by atoms with Crippen molar-refractivity contribution < 1.29 is 23.7 Å². The SMILES string of the molecule is COC(=O)c1ccc(C)c(-c2ccc(C=NNC(=O)Cc3ccccc3[N+](=O)[O-])o2)c1. The quantitative estimate of drug-likeness (QED) is 0.269. The molecule has 2 aromatic carbocycles. The summed E-state index contributed by atoms with van der Waals surface area (Å²) in [6, 6.07) is 14.5. The summed E-state index contributed by atoms with van der Waals surface area (Å²) in [4.78, 5) is 34.3. The molecule has 1 amide bonds. The van der Waals surface area contributed by atoms with Crippen molar-refractivity contribution in [1.29, 1.82) is 0 Å². The number of hydrogen-bond acceptors (Lipinski definition) is 7. The van der Waals surface area contributed by atoms with Crippen molar-refractivity contribution in [3.63, 3.8) is 0 Å². The maximum Gasteiger partial charge on any atom is 0.337 e. The number of amides is 1. The van der Waals surface area contributed by atoms with Crippen LogP contribution in [0, 0.1) is 17.0 Å². The van der Waals surface area contributed by atoms with Gasteiger partial charge in [-0.3, -0.25) is 14.9 Å². The normalized spacial score (nSPS) is 10.8. The molecule has 31 heavy (non-hydrogen) atoms. The number of aryl methyl sites for hydroxylation is 1. The number of hydrogen-bond donors (Lipinski definition) is 1. The van der Waals surface area contributed by atoms with Crippen molar-refractivity contribution in [3.8, 4) is 11.3 Å². The maximum atomic E-state index is 12.1. The molecule has 0 aliphatic carbocycles. The van der Waals surface area contributed by atoms with Gasteiger partial charge in [0.25, 0.3) is 5.69 Å². The Morgan fingerprint density at radius 3 is 2.71 bits per heavy atom. The van der Waals surface area contributed by atoms with Crippen LogP contribution < -0.4 is 5.43 Å². The molecule has 0 spiro atoms. The fraction of sp³-hybridized carbons (Fsp3) is 0.136. The Kier molecular flexibility index (Phi) is 6.56. The van der Waals surface area contributed by atoms with E-state index in [9.17, 15) is 19.7 Å². The molecule has 0 saturated heterocycles. The molecule has 0 fully saturated rings. The van der Waals surface area contributed by atoms with Gasteiger partial charge in [-0.1, -0.05) is 24.3 Å². The van der Waals surface area contributed by atoms with E-state index in [0.29, 0.717) is 22.6 Å². The van der Waals surface area contributed by atoms with Gasteiger partial charge in [0.1, 0.15) is 11.5 Å². The molecule has 0 radical (unpaired) electrons. The van der Waals surface area contributed by atoms with Crippen molar-refractivity contribution in [2.75, 3.05) is 7.11 Å². The van der Waals surface area contributed by atoms with E-state index in [4.69, 9.17) is 9.15 Å². The van der Waals surface area contributed by atoms with Gasteiger partial charge in [0.05, 0.1) is 30.2 Å². The highest BCUT2D eigenvalue weighted by atomic mass is 16.6. The number of nitro groups is 1. The first-order valence-electron chi connectivity index (χ1n) is 9.22. The topological polar surface area (TPSA) is 124 Å². The molecule has 0 aliphatic heterocycles. The molecular formula is C22H19N3O6. The van der Waals surface area contributed by atoms with Gasteiger partial charge in [0.15, 0.2) is 0 Å². The largest absolute Gasteiger partial charge is 0.465 e. The van der Waals surface area contributed by atoms with Crippen LogP contribution in [-0.4, -0.2) is 30.1 Å². The van der Waals surface area contributed by atoms with Crippen LogP contribution in [-0.2, 0) is 16.0 Å². The van der Waals surface area contributed by atoms with Gasteiger partial charge in [-0.25, -0.2) is 10.2 Å². The van der Waals surface area contributed by atoms with Gasteiger partial charge in [0, 0.05) is 17.2 Å². The predicted octanol–water partition coefficient (Wildman–Crippen LogP) is 3.64. The number of furan rings is 1. The molecule has 0 aliphatic rings. The molecule has 1 N–H and O–H groups in total. The Hall–Kier alpha value is -4.27. The van der Waals surface area contributed by atoms with Crippen LogP contribution in [0.4, 0.5) is 5.69 Å². The minimum absolute atomic E-state index is 0.123. The number of esters is 1. The van der Waals surface area contributed by atoms with E-state index in [2.05, 4.69) is 10.5 Å². The molecular weight excluding hydrogens is 402 g/mol. The van der Waals surface area contributed by atoms with Crippen molar-refractivity contribution in [2.24, 2.45) is 5.10 Å². The second-order valence-electron chi connectivity index (χ2n) is 6.58. The number of carbonyl (C=O) groups excluding carboxylic acids is 2. The van der Waals surface area contributed by atoms with E-state index in [1.165, 1.54) is 31.5 Å². The highest BCUT2D eigenvalue weighted by Crippen LogP contribution is 2.26. The van der Waals surface area contributed by atoms with Crippen LogP contribution in [0.5, 0.6) is 0 Å². The fourth-order valence-electron chi connectivity index (χ4n) is 2.92. The van der Waals surface area contributed by atoms with Crippen LogP contribution >= 0.6 is 0 Å². The Bertz CT molecular complexity index is 1170. The molecule has 0 atom stereocenters. The zero-order valence-corrected chi connectivity index (χ0v) is 16.8. The Balaban J connectivity index is 1.67. The maximum absolute atomic E-state index is 12.1. The molecule has 3 rings (SSSR count). The molecule has 0 bridgehead atoms. The number of methoxy groups -OCH3 is 1. The Labute approximate surface area is 177 Å². The summed E-state index contributed by atoms with van der Waals surface area (Å²) in [6.45, 7) is 1.88. The molecule has 1 heterocycles. The Morgan fingerprint density at radius 2 is 1.97 bits per heavy atom. The average Bonchev–Trinajstić information content (AvgIpc) is 3.22. The lowest BCUT2D eigenvalue weighted by Gasteiger charge is -2.05. The van der Waals surface area contributed by atoms with Gasteiger partial charge in [-0.2, -0.15) is 5.10 Å². The molecule has 1 aromatic heterocycles. The lowest BCUT2D eigenvalue weighted by Crippen LogP contribution is -2.20. The lowest BCUT2D eigenvalue weighted by molar-refractivity contribution is -0.385. The summed E-state index contributed by atoms with van der Waals surface area (Å²) >= 11 is 0. The monoisotopic (exact) mass is 421 g/mol. The van der Waals surface area contributed by atoms with Crippen LogP contribution in [0.2, 0.25) is 0 Å². The smallest absolute Gasteiger partial charge is 0.337 e. The van der Waals surface area contributed by atoms with E-state index in [0.717, 1.165) is 11.1 Å². The standard InChI is InChI=1S/C22H19N3O6/c1-14-7-8-16(22(27)30-2)11-18(14)20-10-9-17(31-20)13-23-24-21(26)12-15-5-3-4-6-19(15)25(28)29/h3-11,13H,12H2,1-2H3,(H,24,26). The van der Waals surface area contributed by atoms with E-state index < -0.39 is 16.8 Å². The third-order valence-electron chi connectivity index (χ3n) is 4.47. The van der Waals surface area contributed by atoms with Crippen molar-refractivity contribution in [2.45, 2.75) is 13.3 Å². The van der Waals surface area contributed by atoms with Crippen molar-refractivity contribution in [1.82, 2.24) is 5.43 Å². The minimum Gasteiger partial charge on any atom is -0.465 e. The second kappa shape index (κ2) is 9.49. The number of nitro benzene ring substituents is 1.